The topological polar surface area (TPSA) is 46.5 Å². The summed E-state index contributed by atoms with van der Waals surface area (Å²) in [5, 5.41) is 9.34. The van der Waals surface area contributed by atoms with E-state index in [-0.39, 0.29) is 11.7 Å². The van der Waals surface area contributed by atoms with Gasteiger partial charge >= 0.3 is 5.97 Å². The SMILES string of the molecule is CCC1CCCC(Oc2c(C)cc(Br)cc2C(=O)O)C1. The van der Waals surface area contributed by atoms with E-state index in [4.69, 9.17) is 4.74 Å². The average Bonchev–Trinajstić information content (AvgIpc) is 2.41. The lowest BCUT2D eigenvalue weighted by Gasteiger charge is -2.30. The predicted molar refractivity (Wildman–Crippen MR) is 82.5 cm³/mol. The molecule has 1 aliphatic carbocycles. The van der Waals surface area contributed by atoms with Crippen LogP contribution in [0.4, 0.5) is 0 Å². The lowest BCUT2D eigenvalue weighted by molar-refractivity contribution is 0.0681. The zero-order valence-electron chi connectivity index (χ0n) is 12.0. The van der Waals surface area contributed by atoms with Gasteiger partial charge in [0, 0.05) is 4.47 Å². The van der Waals surface area contributed by atoms with Crippen molar-refractivity contribution in [2.45, 2.75) is 52.1 Å². The first-order chi connectivity index (χ1) is 9.51. The molecule has 0 radical (unpaired) electrons. The van der Waals surface area contributed by atoms with Crippen LogP contribution in [0.3, 0.4) is 0 Å². The van der Waals surface area contributed by atoms with Gasteiger partial charge in [-0.05, 0) is 49.8 Å². The molecular weight excluding hydrogens is 320 g/mol. The molecule has 1 aromatic rings. The van der Waals surface area contributed by atoms with Crippen LogP contribution in [-0.2, 0) is 0 Å². The third-order valence-corrected chi connectivity index (χ3v) is 4.52. The van der Waals surface area contributed by atoms with Crippen molar-refractivity contribution in [1.82, 2.24) is 0 Å². The summed E-state index contributed by atoms with van der Waals surface area (Å²) >= 11 is 3.34. The molecule has 2 unspecified atom stereocenters. The molecule has 0 saturated heterocycles. The van der Waals surface area contributed by atoms with E-state index in [1.807, 2.05) is 13.0 Å². The van der Waals surface area contributed by atoms with E-state index in [1.54, 1.807) is 6.07 Å². The summed E-state index contributed by atoms with van der Waals surface area (Å²) in [5.74, 6) is 0.299. The molecule has 2 atom stereocenters. The predicted octanol–water partition coefficient (Wildman–Crippen LogP) is 4.80. The van der Waals surface area contributed by atoms with Crippen LogP contribution in [0.15, 0.2) is 16.6 Å². The number of carboxylic acid groups (broad SMARTS) is 1. The highest BCUT2D eigenvalue weighted by atomic mass is 79.9. The maximum absolute atomic E-state index is 11.4. The minimum atomic E-state index is -0.938. The van der Waals surface area contributed by atoms with Crippen molar-refractivity contribution in [2.24, 2.45) is 5.92 Å². The number of hydrogen-bond acceptors (Lipinski definition) is 2. The fraction of sp³-hybridized carbons (Fsp3) is 0.562. The number of rotatable bonds is 4. The summed E-state index contributed by atoms with van der Waals surface area (Å²) in [6.07, 6.45) is 5.80. The zero-order chi connectivity index (χ0) is 14.7. The van der Waals surface area contributed by atoms with Gasteiger partial charge in [0.1, 0.15) is 11.3 Å². The Labute approximate surface area is 128 Å². The zero-order valence-corrected chi connectivity index (χ0v) is 13.6. The van der Waals surface area contributed by atoms with E-state index in [9.17, 15) is 9.90 Å². The maximum Gasteiger partial charge on any atom is 0.339 e. The number of benzene rings is 1. The van der Waals surface area contributed by atoms with Crippen LogP contribution in [0.2, 0.25) is 0 Å². The molecule has 20 heavy (non-hydrogen) atoms. The molecule has 1 aromatic carbocycles. The summed E-state index contributed by atoms with van der Waals surface area (Å²) in [6, 6.07) is 3.52. The first-order valence-electron chi connectivity index (χ1n) is 7.21. The molecule has 0 aromatic heterocycles. The summed E-state index contributed by atoms with van der Waals surface area (Å²) in [4.78, 5) is 11.4. The largest absolute Gasteiger partial charge is 0.489 e. The average molecular weight is 341 g/mol. The standard InChI is InChI=1S/C16H21BrO3/c1-3-11-5-4-6-13(8-11)20-15-10(2)7-12(17)9-14(15)16(18)19/h7,9,11,13H,3-6,8H2,1-2H3,(H,18,19). The smallest absolute Gasteiger partial charge is 0.339 e. The third-order valence-electron chi connectivity index (χ3n) is 4.07. The quantitative estimate of drug-likeness (QED) is 0.855. The monoisotopic (exact) mass is 340 g/mol. The highest BCUT2D eigenvalue weighted by Gasteiger charge is 2.25. The lowest BCUT2D eigenvalue weighted by atomic mass is 9.85. The van der Waals surface area contributed by atoms with E-state index in [0.717, 1.165) is 22.9 Å². The molecule has 2 rings (SSSR count). The third kappa shape index (κ3) is 3.54. The number of ether oxygens (including phenoxy) is 1. The van der Waals surface area contributed by atoms with Crippen LogP contribution in [0.1, 0.15) is 54.9 Å². The first kappa shape index (κ1) is 15.4. The van der Waals surface area contributed by atoms with E-state index < -0.39 is 5.97 Å². The minimum Gasteiger partial charge on any atom is -0.489 e. The van der Waals surface area contributed by atoms with Crippen molar-refractivity contribution < 1.29 is 14.6 Å². The van der Waals surface area contributed by atoms with Crippen LogP contribution >= 0.6 is 15.9 Å². The molecule has 0 aliphatic heterocycles. The maximum atomic E-state index is 11.4. The Kier molecular flexibility index (Phi) is 5.08. The normalized spacial score (nSPS) is 22.6. The second kappa shape index (κ2) is 6.61. The van der Waals surface area contributed by atoms with Crippen LogP contribution < -0.4 is 4.74 Å². The van der Waals surface area contributed by atoms with Gasteiger partial charge in [0.25, 0.3) is 0 Å². The Hall–Kier alpha value is -1.03. The van der Waals surface area contributed by atoms with Crippen LogP contribution in [0.5, 0.6) is 5.75 Å². The van der Waals surface area contributed by atoms with Gasteiger partial charge in [-0.3, -0.25) is 0 Å². The molecule has 0 heterocycles. The minimum absolute atomic E-state index is 0.145. The van der Waals surface area contributed by atoms with Gasteiger partial charge in [-0.1, -0.05) is 35.7 Å². The molecule has 1 aliphatic rings. The molecule has 1 saturated carbocycles. The highest BCUT2D eigenvalue weighted by molar-refractivity contribution is 9.10. The van der Waals surface area contributed by atoms with Crippen molar-refractivity contribution in [3.8, 4) is 5.75 Å². The van der Waals surface area contributed by atoms with E-state index >= 15 is 0 Å². The Balaban J connectivity index is 2.22. The number of aryl methyl sites for hydroxylation is 1. The number of carboxylic acids is 1. The summed E-state index contributed by atoms with van der Waals surface area (Å²) in [7, 11) is 0. The van der Waals surface area contributed by atoms with Gasteiger partial charge in [0.05, 0.1) is 6.10 Å². The van der Waals surface area contributed by atoms with Crippen LogP contribution in [0.25, 0.3) is 0 Å². The highest BCUT2D eigenvalue weighted by Crippen LogP contribution is 2.34. The Bertz CT molecular complexity index is 499. The van der Waals surface area contributed by atoms with Crippen molar-refractivity contribution >= 4 is 21.9 Å². The number of aromatic carboxylic acids is 1. The van der Waals surface area contributed by atoms with Gasteiger partial charge < -0.3 is 9.84 Å². The second-order valence-electron chi connectivity index (χ2n) is 5.59. The Morgan fingerprint density at radius 2 is 2.20 bits per heavy atom. The molecule has 0 amide bonds. The van der Waals surface area contributed by atoms with Gasteiger partial charge in [0.15, 0.2) is 0 Å². The second-order valence-corrected chi connectivity index (χ2v) is 6.50. The lowest BCUT2D eigenvalue weighted by Crippen LogP contribution is -2.26. The van der Waals surface area contributed by atoms with Crippen LogP contribution in [-0.4, -0.2) is 17.2 Å². The number of halogens is 1. The summed E-state index contributed by atoms with van der Waals surface area (Å²) in [6.45, 7) is 4.10. The molecule has 1 N–H and O–H groups in total. The van der Waals surface area contributed by atoms with E-state index in [2.05, 4.69) is 22.9 Å². The fourth-order valence-corrected chi connectivity index (χ4v) is 3.50. The van der Waals surface area contributed by atoms with E-state index in [1.165, 1.54) is 19.3 Å². The molecule has 3 nitrogen and oxygen atoms in total. The van der Waals surface area contributed by atoms with Crippen molar-refractivity contribution in [3.63, 3.8) is 0 Å². The molecule has 1 fully saturated rings. The number of carbonyl (C=O) groups is 1. The van der Waals surface area contributed by atoms with Crippen molar-refractivity contribution in [3.05, 3.63) is 27.7 Å². The Morgan fingerprint density at radius 1 is 1.45 bits per heavy atom. The van der Waals surface area contributed by atoms with Gasteiger partial charge in [-0.15, -0.1) is 0 Å². The molecule has 0 spiro atoms. The molecule has 4 heteroatoms. The number of hydrogen-bond donors (Lipinski definition) is 1. The first-order valence-corrected chi connectivity index (χ1v) is 8.00. The summed E-state index contributed by atoms with van der Waals surface area (Å²) < 4.78 is 6.84. The van der Waals surface area contributed by atoms with Crippen molar-refractivity contribution in [1.29, 1.82) is 0 Å². The molecule has 110 valence electrons. The van der Waals surface area contributed by atoms with Gasteiger partial charge in [-0.2, -0.15) is 0 Å². The van der Waals surface area contributed by atoms with Crippen molar-refractivity contribution in [2.75, 3.05) is 0 Å². The fourth-order valence-electron chi connectivity index (χ4n) is 2.93. The molecular formula is C16H21BrO3. The Morgan fingerprint density at radius 3 is 2.85 bits per heavy atom. The van der Waals surface area contributed by atoms with Gasteiger partial charge in [-0.25, -0.2) is 4.79 Å². The molecule has 0 bridgehead atoms. The van der Waals surface area contributed by atoms with Crippen LogP contribution in [0, 0.1) is 12.8 Å². The van der Waals surface area contributed by atoms with E-state index in [0.29, 0.717) is 11.7 Å². The van der Waals surface area contributed by atoms with Gasteiger partial charge in [0.2, 0.25) is 0 Å². The summed E-state index contributed by atoms with van der Waals surface area (Å²) in [5.41, 5.74) is 1.12.